The highest BCUT2D eigenvalue weighted by Gasteiger charge is 2.30. The van der Waals surface area contributed by atoms with Crippen LogP contribution in [-0.4, -0.2) is 25.3 Å². The molecule has 0 radical (unpaired) electrons. The maximum absolute atomic E-state index is 12.7. The zero-order chi connectivity index (χ0) is 19.9. The Bertz CT molecular complexity index is 823. The molecule has 144 valence electrons. The number of carbonyl (C=O) groups is 1. The SMILES string of the molecule is CCOc1cc(C=NN)ccc1OCC(=O)Nc1cccc(C(F)(F)F)c1. The summed E-state index contributed by atoms with van der Waals surface area (Å²) < 4.78 is 49.0. The molecule has 2 rings (SSSR count). The second-order valence-electron chi connectivity index (χ2n) is 5.33. The number of rotatable bonds is 7. The van der Waals surface area contributed by atoms with Crippen LogP contribution in [0.4, 0.5) is 18.9 Å². The predicted molar refractivity (Wildman–Crippen MR) is 95.0 cm³/mol. The van der Waals surface area contributed by atoms with Gasteiger partial charge in [-0.05, 0) is 48.9 Å². The number of nitrogens with zero attached hydrogens (tertiary/aromatic N) is 1. The van der Waals surface area contributed by atoms with Gasteiger partial charge in [-0.15, -0.1) is 0 Å². The second kappa shape index (κ2) is 8.93. The summed E-state index contributed by atoms with van der Waals surface area (Å²) in [6.07, 6.45) is -3.06. The Hall–Kier alpha value is -3.23. The Labute approximate surface area is 153 Å². The summed E-state index contributed by atoms with van der Waals surface area (Å²) in [6, 6.07) is 9.24. The predicted octanol–water partition coefficient (Wildman–Crippen LogP) is 3.41. The number of alkyl halides is 3. The fourth-order valence-corrected chi connectivity index (χ4v) is 2.19. The van der Waals surface area contributed by atoms with Crippen LogP contribution in [0, 0.1) is 0 Å². The molecule has 3 N–H and O–H groups in total. The largest absolute Gasteiger partial charge is 0.490 e. The third-order valence-electron chi connectivity index (χ3n) is 3.32. The van der Waals surface area contributed by atoms with Crippen LogP contribution in [0.1, 0.15) is 18.1 Å². The number of anilines is 1. The van der Waals surface area contributed by atoms with Crippen molar-refractivity contribution in [2.45, 2.75) is 13.1 Å². The number of amides is 1. The third kappa shape index (κ3) is 5.91. The number of nitrogens with two attached hydrogens (primary N) is 1. The lowest BCUT2D eigenvalue weighted by Crippen LogP contribution is -2.20. The minimum Gasteiger partial charge on any atom is -0.490 e. The third-order valence-corrected chi connectivity index (χ3v) is 3.32. The molecular formula is C18H18F3N3O3. The Balaban J connectivity index is 2.03. The maximum atomic E-state index is 12.7. The molecule has 1 amide bonds. The molecule has 0 atom stereocenters. The van der Waals surface area contributed by atoms with Crippen LogP contribution in [0.2, 0.25) is 0 Å². The Morgan fingerprint density at radius 2 is 1.96 bits per heavy atom. The molecule has 0 spiro atoms. The quantitative estimate of drug-likeness (QED) is 0.437. The molecular weight excluding hydrogens is 363 g/mol. The highest BCUT2D eigenvalue weighted by molar-refractivity contribution is 5.92. The number of carbonyl (C=O) groups excluding carboxylic acids is 1. The van der Waals surface area contributed by atoms with Crippen molar-refractivity contribution < 1.29 is 27.4 Å². The molecule has 0 heterocycles. The molecule has 0 aliphatic carbocycles. The first-order valence-electron chi connectivity index (χ1n) is 7.93. The fraction of sp³-hybridized carbons (Fsp3) is 0.222. The molecule has 0 fully saturated rings. The summed E-state index contributed by atoms with van der Waals surface area (Å²) in [5.74, 6) is 5.20. The molecule has 6 nitrogen and oxygen atoms in total. The maximum Gasteiger partial charge on any atom is 0.416 e. The first kappa shape index (κ1) is 20.1. The van der Waals surface area contributed by atoms with Crippen LogP contribution in [-0.2, 0) is 11.0 Å². The van der Waals surface area contributed by atoms with E-state index in [0.717, 1.165) is 12.1 Å². The molecule has 27 heavy (non-hydrogen) atoms. The lowest BCUT2D eigenvalue weighted by molar-refractivity contribution is -0.137. The van der Waals surface area contributed by atoms with Crippen LogP contribution in [0.15, 0.2) is 47.6 Å². The van der Waals surface area contributed by atoms with Crippen molar-refractivity contribution in [2.24, 2.45) is 10.9 Å². The molecule has 2 aromatic carbocycles. The van der Waals surface area contributed by atoms with E-state index in [0.29, 0.717) is 23.7 Å². The van der Waals surface area contributed by atoms with Gasteiger partial charge in [0.2, 0.25) is 0 Å². The van der Waals surface area contributed by atoms with Gasteiger partial charge in [-0.25, -0.2) is 0 Å². The molecule has 0 saturated carbocycles. The van der Waals surface area contributed by atoms with Gasteiger partial charge < -0.3 is 20.6 Å². The Morgan fingerprint density at radius 1 is 1.19 bits per heavy atom. The number of ether oxygens (including phenoxy) is 2. The lowest BCUT2D eigenvalue weighted by Gasteiger charge is -2.13. The number of nitrogens with one attached hydrogen (secondary N) is 1. The fourth-order valence-electron chi connectivity index (χ4n) is 2.19. The van der Waals surface area contributed by atoms with Crippen molar-refractivity contribution >= 4 is 17.8 Å². The van der Waals surface area contributed by atoms with Gasteiger partial charge in [-0.3, -0.25) is 4.79 Å². The molecule has 0 bridgehead atoms. The lowest BCUT2D eigenvalue weighted by atomic mass is 10.2. The highest BCUT2D eigenvalue weighted by atomic mass is 19.4. The average Bonchev–Trinajstić information content (AvgIpc) is 2.61. The first-order valence-corrected chi connectivity index (χ1v) is 7.93. The van der Waals surface area contributed by atoms with Crippen LogP contribution < -0.4 is 20.6 Å². The molecule has 0 aliphatic heterocycles. The van der Waals surface area contributed by atoms with E-state index in [1.54, 1.807) is 25.1 Å². The van der Waals surface area contributed by atoms with E-state index < -0.39 is 24.3 Å². The zero-order valence-corrected chi connectivity index (χ0v) is 14.4. The molecule has 2 aromatic rings. The molecule has 0 aliphatic rings. The van der Waals surface area contributed by atoms with E-state index in [1.807, 2.05) is 0 Å². The number of hydrogen-bond acceptors (Lipinski definition) is 5. The van der Waals surface area contributed by atoms with Crippen molar-refractivity contribution in [3.8, 4) is 11.5 Å². The monoisotopic (exact) mass is 381 g/mol. The minimum atomic E-state index is -4.49. The van der Waals surface area contributed by atoms with Crippen LogP contribution in [0.25, 0.3) is 0 Å². The van der Waals surface area contributed by atoms with Gasteiger partial charge in [0, 0.05) is 5.69 Å². The van der Waals surface area contributed by atoms with Gasteiger partial charge in [-0.2, -0.15) is 18.3 Å². The van der Waals surface area contributed by atoms with Crippen molar-refractivity contribution in [2.75, 3.05) is 18.5 Å². The van der Waals surface area contributed by atoms with E-state index in [1.165, 1.54) is 18.3 Å². The van der Waals surface area contributed by atoms with Gasteiger partial charge in [-0.1, -0.05) is 6.07 Å². The summed E-state index contributed by atoms with van der Waals surface area (Å²) in [5.41, 5.74) is -0.142. The van der Waals surface area contributed by atoms with Crippen molar-refractivity contribution in [1.82, 2.24) is 0 Å². The van der Waals surface area contributed by atoms with E-state index >= 15 is 0 Å². The topological polar surface area (TPSA) is 85.9 Å². The molecule has 9 heteroatoms. The van der Waals surface area contributed by atoms with Crippen LogP contribution in [0.5, 0.6) is 11.5 Å². The van der Waals surface area contributed by atoms with Gasteiger partial charge in [0.25, 0.3) is 5.91 Å². The van der Waals surface area contributed by atoms with E-state index in [-0.39, 0.29) is 5.69 Å². The Morgan fingerprint density at radius 3 is 2.63 bits per heavy atom. The van der Waals surface area contributed by atoms with E-state index in [9.17, 15) is 18.0 Å². The molecule has 0 saturated heterocycles. The minimum absolute atomic E-state index is 0.0259. The normalized spacial score (nSPS) is 11.4. The second-order valence-corrected chi connectivity index (χ2v) is 5.33. The van der Waals surface area contributed by atoms with Crippen molar-refractivity contribution in [3.63, 3.8) is 0 Å². The molecule has 0 aromatic heterocycles. The van der Waals surface area contributed by atoms with Gasteiger partial charge in [0.1, 0.15) is 0 Å². The number of benzene rings is 2. The summed E-state index contributed by atoms with van der Waals surface area (Å²) in [5, 5.41) is 5.78. The van der Waals surface area contributed by atoms with Gasteiger partial charge >= 0.3 is 6.18 Å². The zero-order valence-electron chi connectivity index (χ0n) is 14.4. The van der Waals surface area contributed by atoms with Crippen molar-refractivity contribution in [3.05, 3.63) is 53.6 Å². The highest BCUT2D eigenvalue weighted by Crippen LogP contribution is 2.31. The number of hydrazone groups is 1. The average molecular weight is 381 g/mol. The number of hydrogen-bond donors (Lipinski definition) is 2. The smallest absolute Gasteiger partial charge is 0.416 e. The summed E-state index contributed by atoms with van der Waals surface area (Å²) in [4.78, 5) is 12.0. The summed E-state index contributed by atoms with van der Waals surface area (Å²) >= 11 is 0. The standard InChI is InChI=1S/C18H18F3N3O3/c1-2-26-16-8-12(10-23-22)6-7-15(16)27-11-17(25)24-14-5-3-4-13(9-14)18(19,20)21/h3-10H,2,11,22H2,1H3,(H,24,25). The van der Waals surface area contributed by atoms with E-state index in [4.69, 9.17) is 15.3 Å². The summed E-state index contributed by atoms with van der Waals surface area (Å²) in [6.45, 7) is 1.75. The first-order chi connectivity index (χ1) is 12.8. The summed E-state index contributed by atoms with van der Waals surface area (Å²) in [7, 11) is 0. The van der Waals surface area contributed by atoms with Crippen molar-refractivity contribution in [1.29, 1.82) is 0 Å². The van der Waals surface area contributed by atoms with Gasteiger partial charge in [0.15, 0.2) is 18.1 Å². The van der Waals surface area contributed by atoms with Crippen LogP contribution in [0.3, 0.4) is 0 Å². The molecule has 0 unspecified atom stereocenters. The number of halogens is 3. The van der Waals surface area contributed by atoms with E-state index in [2.05, 4.69) is 10.4 Å². The van der Waals surface area contributed by atoms with Gasteiger partial charge in [0.05, 0.1) is 18.4 Å². The van der Waals surface area contributed by atoms with Crippen LogP contribution >= 0.6 is 0 Å². The Kier molecular flexibility index (Phi) is 6.64.